The molecule has 0 unspecified atom stereocenters. The van der Waals surface area contributed by atoms with Crippen LogP contribution in [0.25, 0.3) is 11.3 Å². The van der Waals surface area contributed by atoms with Gasteiger partial charge in [-0.25, -0.2) is 19.0 Å². The van der Waals surface area contributed by atoms with Crippen LogP contribution >= 0.6 is 23.2 Å². The number of aliphatic hydroxyl groups excluding tert-OH is 2. The first-order chi connectivity index (χ1) is 29.9. The Bertz CT molecular complexity index is 2630. The highest BCUT2D eigenvalue weighted by Crippen LogP contribution is 2.35. The number of carbonyl (C=O) groups excluding carboxylic acids is 2. The fourth-order valence-corrected chi connectivity index (χ4v) is 9.63. The Labute approximate surface area is 369 Å². The van der Waals surface area contributed by atoms with E-state index in [1.807, 2.05) is 56.5 Å². The summed E-state index contributed by atoms with van der Waals surface area (Å²) in [6, 6.07) is 14.5. The van der Waals surface area contributed by atoms with E-state index >= 15 is 0 Å². The van der Waals surface area contributed by atoms with Crippen LogP contribution in [0.4, 0.5) is 0 Å². The Morgan fingerprint density at radius 3 is 1.66 bits per heavy atom. The molecule has 62 heavy (non-hydrogen) atoms. The number of hydrogen-bond acceptors (Lipinski definition) is 10. The fourth-order valence-electron chi connectivity index (χ4n) is 9.12. The van der Waals surface area contributed by atoms with Gasteiger partial charge in [-0.05, 0) is 89.5 Å². The molecule has 6 heterocycles. The molecule has 14 nitrogen and oxygen atoms in total. The lowest BCUT2D eigenvalue weighted by atomic mass is 10.1. The number of ether oxygens (including phenoxy) is 2. The van der Waals surface area contributed by atoms with Crippen LogP contribution in [0.3, 0.4) is 0 Å². The summed E-state index contributed by atoms with van der Waals surface area (Å²) in [5.74, 6) is 0.818. The van der Waals surface area contributed by atoms with Crippen molar-refractivity contribution >= 4 is 46.3 Å². The number of fused-ring (bicyclic) bond motifs is 6. The average molecular weight is 882 g/mol. The Kier molecular flexibility index (Phi) is 11.6. The number of benzene rings is 2. The molecule has 0 saturated heterocycles. The van der Waals surface area contributed by atoms with E-state index in [4.69, 9.17) is 42.8 Å². The van der Waals surface area contributed by atoms with Crippen LogP contribution in [0.5, 0.6) is 11.5 Å². The van der Waals surface area contributed by atoms with Crippen molar-refractivity contribution in [3.05, 3.63) is 115 Å². The number of carbonyl (C=O) groups is 2. The van der Waals surface area contributed by atoms with E-state index in [1.165, 1.54) is 0 Å². The molecule has 2 aliphatic carbocycles. The highest BCUT2D eigenvalue weighted by molar-refractivity contribution is 6.32. The Morgan fingerprint density at radius 1 is 0.677 bits per heavy atom. The quantitative estimate of drug-likeness (QED) is 0.158. The van der Waals surface area contributed by atoms with Gasteiger partial charge in [0.05, 0.1) is 93.7 Å². The molecule has 2 amide bonds. The lowest BCUT2D eigenvalue weighted by Gasteiger charge is -2.22. The van der Waals surface area contributed by atoms with E-state index in [1.54, 1.807) is 38.6 Å². The first-order valence-electron chi connectivity index (χ1n) is 21.5. The third kappa shape index (κ3) is 7.54. The molecule has 2 N–H and O–H groups in total. The molecular weight excluding hydrogens is 831 g/mol. The molecule has 0 bridgehead atoms. The molecule has 2 fully saturated rings. The summed E-state index contributed by atoms with van der Waals surface area (Å²) in [5, 5.41) is 30.9. The standard InChI is InChI=1S/2C23H25ClN4O3/c1-3-17-21(24)13(2)25-22-15-11-27(12-16(15)26-28(17)22)23(30)14-7-4-5-9-19(14)31-20-10-6-8-18(20)29;1-3-16-21(24)13(2)28-22(25-16)15-11-27(12-17(15)26-28)23(30)14-7-4-5-9-19(14)31-20-10-6-8-18(20)29/h2*4-5,7,9,18,20,29H,3,6,8,10-12H2,1-2H3/t2*18-,20-/m00/s1. The van der Waals surface area contributed by atoms with E-state index in [-0.39, 0.29) is 24.0 Å². The van der Waals surface area contributed by atoms with Crippen LogP contribution < -0.4 is 9.47 Å². The van der Waals surface area contributed by atoms with Crippen molar-refractivity contribution < 1.29 is 29.3 Å². The van der Waals surface area contributed by atoms with Crippen molar-refractivity contribution in [2.45, 2.75) is 130 Å². The van der Waals surface area contributed by atoms with Gasteiger partial charge in [-0.1, -0.05) is 61.3 Å². The summed E-state index contributed by atoms with van der Waals surface area (Å²) in [6.07, 6.45) is 4.90. The van der Waals surface area contributed by atoms with Gasteiger partial charge in [0, 0.05) is 11.1 Å². The number of halogens is 2. The first-order valence-corrected chi connectivity index (χ1v) is 22.3. The second-order valence-electron chi connectivity index (χ2n) is 16.6. The highest BCUT2D eigenvalue weighted by Gasteiger charge is 2.35. The van der Waals surface area contributed by atoms with Crippen molar-refractivity contribution in [2.75, 3.05) is 0 Å². The minimum atomic E-state index is -0.485. The van der Waals surface area contributed by atoms with E-state index in [9.17, 15) is 19.8 Å². The van der Waals surface area contributed by atoms with Crippen molar-refractivity contribution in [1.29, 1.82) is 0 Å². The maximum absolute atomic E-state index is 13.4. The van der Waals surface area contributed by atoms with Gasteiger partial charge in [0.25, 0.3) is 11.8 Å². The summed E-state index contributed by atoms with van der Waals surface area (Å²) in [5.41, 5.74) is 9.58. The monoisotopic (exact) mass is 880 g/mol. The fraction of sp³-hybridized carbons (Fsp3) is 0.435. The second kappa shape index (κ2) is 17.1. The summed E-state index contributed by atoms with van der Waals surface area (Å²) < 4.78 is 15.7. The molecule has 0 radical (unpaired) electrons. The molecule has 2 aliphatic heterocycles. The molecule has 4 aliphatic rings. The van der Waals surface area contributed by atoms with Crippen LogP contribution in [0.2, 0.25) is 10.0 Å². The highest BCUT2D eigenvalue weighted by atomic mass is 35.5. The van der Waals surface area contributed by atoms with E-state index in [2.05, 4.69) is 10.1 Å². The minimum Gasteiger partial charge on any atom is -0.487 e. The molecule has 4 aromatic heterocycles. The van der Waals surface area contributed by atoms with Gasteiger partial charge in [-0.2, -0.15) is 10.2 Å². The van der Waals surface area contributed by atoms with Crippen molar-refractivity contribution in [3.63, 3.8) is 0 Å². The third-order valence-corrected chi connectivity index (χ3v) is 13.5. The lowest BCUT2D eigenvalue weighted by Crippen LogP contribution is -2.29. The van der Waals surface area contributed by atoms with Crippen LogP contribution in [-0.4, -0.2) is 85.4 Å². The lowest BCUT2D eigenvalue weighted by molar-refractivity contribution is 0.0572. The Hall–Kier alpha value is -5.28. The molecule has 16 heteroatoms. The topological polar surface area (TPSA) is 160 Å². The van der Waals surface area contributed by atoms with Gasteiger partial charge in [0.1, 0.15) is 23.7 Å². The third-order valence-electron chi connectivity index (χ3n) is 12.6. The predicted molar refractivity (Wildman–Crippen MR) is 233 cm³/mol. The second-order valence-corrected chi connectivity index (χ2v) is 17.3. The smallest absolute Gasteiger partial charge is 0.258 e. The largest absolute Gasteiger partial charge is 0.487 e. The zero-order valence-electron chi connectivity index (χ0n) is 35.3. The Morgan fingerprint density at radius 2 is 1.18 bits per heavy atom. The number of nitrogens with zero attached hydrogens (tertiary/aromatic N) is 8. The van der Waals surface area contributed by atoms with Crippen molar-refractivity contribution in [1.82, 2.24) is 39.0 Å². The van der Waals surface area contributed by atoms with E-state index < -0.39 is 12.2 Å². The van der Waals surface area contributed by atoms with Crippen molar-refractivity contribution in [3.8, 4) is 11.5 Å². The van der Waals surface area contributed by atoms with Gasteiger partial charge in [0.15, 0.2) is 11.3 Å². The molecule has 2 saturated carbocycles. The number of aliphatic hydroxyl groups is 2. The number of aromatic nitrogens is 6. The first kappa shape index (κ1) is 42.0. The Balaban J connectivity index is 0.000000158. The summed E-state index contributed by atoms with van der Waals surface area (Å²) in [4.78, 5) is 39.7. The van der Waals surface area contributed by atoms with Crippen LogP contribution in [0.1, 0.15) is 118 Å². The van der Waals surface area contributed by atoms with Crippen molar-refractivity contribution in [2.24, 2.45) is 0 Å². The maximum atomic E-state index is 13.4. The minimum absolute atomic E-state index is 0.111. The zero-order valence-corrected chi connectivity index (χ0v) is 36.8. The SMILES string of the molecule is CCc1c(Cl)c(C)nc2c3c(nn12)CN(C(=O)c1ccccc1O[C@H]1CCC[C@@H]1O)C3.CCc1nc2c3c(nn2c(C)c1Cl)CN(C(=O)c1ccccc1O[C@H]1CCC[C@@H]1O)C3. The van der Waals surface area contributed by atoms with Gasteiger partial charge < -0.3 is 29.5 Å². The van der Waals surface area contributed by atoms with Gasteiger partial charge in [-0.15, -0.1) is 0 Å². The van der Waals surface area contributed by atoms with Crippen LogP contribution in [-0.2, 0) is 39.0 Å². The zero-order chi connectivity index (χ0) is 43.4. The summed E-state index contributed by atoms with van der Waals surface area (Å²) in [7, 11) is 0. The molecule has 6 aromatic rings. The number of amides is 2. The maximum Gasteiger partial charge on any atom is 0.258 e. The van der Waals surface area contributed by atoms with E-state index in [0.717, 1.165) is 108 Å². The van der Waals surface area contributed by atoms with Gasteiger partial charge >= 0.3 is 0 Å². The van der Waals surface area contributed by atoms with E-state index in [0.29, 0.717) is 58.9 Å². The number of rotatable bonds is 8. The molecule has 10 rings (SSSR count). The number of aryl methyl sites for hydroxylation is 4. The molecule has 2 aromatic carbocycles. The van der Waals surface area contributed by atoms with Gasteiger partial charge in [-0.3, -0.25) is 9.59 Å². The summed E-state index contributed by atoms with van der Waals surface area (Å²) in [6.45, 7) is 9.60. The van der Waals surface area contributed by atoms with Gasteiger partial charge in [0.2, 0.25) is 0 Å². The molecule has 324 valence electrons. The average Bonchev–Trinajstić information content (AvgIpc) is 4.14. The van der Waals surface area contributed by atoms with Crippen LogP contribution in [0.15, 0.2) is 48.5 Å². The predicted octanol–water partition coefficient (Wildman–Crippen LogP) is 7.40. The molecular formula is C46H50Cl2N8O6. The van der Waals surface area contributed by atoms with Crippen LogP contribution in [0, 0.1) is 13.8 Å². The molecule has 4 atom stereocenters. The number of para-hydroxylation sites is 2. The normalized spacial score (nSPS) is 20.5. The molecule has 0 spiro atoms. The number of hydrogen-bond donors (Lipinski definition) is 2. The summed E-state index contributed by atoms with van der Waals surface area (Å²) >= 11 is 12.9.